The molecule has 0 bridgehead atoms. The van der Waals surface area contributed by atoms with E-state index in [4.69, 9.17) is 21.1 Å². The molecule has 3 aromatic carbocycles. The predicted octanol–water partition coefficient (Wildman–Crippen LogP) is 5.61. The van der Waals surface area contributed by atoms with Crippen LogP contribution in [0, 0.1) is 6.92 Å². The van der Waals surface area contributed by atoms with Crippen molar-refractivity contribution in [2.75, 3.05) is 11.7 Å². The van der Waals surface area contributed by atoms with E-state index in [1.54, 1.807) is 36.4 Å². The van der Waals surface area contributed by atoms with Gasteiger partial charge in [-0.3, -0.25) is 14.5 Å². The minimum atomic E-state index is -0.864. The number of anilines is 1. The lowest BCUT2D eigenvalue weighted by atomic mass is 9.94. The van der Waals surface area contributed by atoms with Crippen molar-refractivity contribution in [1.29, 1.82) is 0 Å². The lowest BCUT2D eigenvalue weighted by molar-refractivity contribution is -0.132. The average Bonchev–Trinajstić information content (AvgIpc) is 3.54. The standard InChI is InChI=1S/C26H17ClN2O5S/c1-13-3-2-4-14(9-13)22-21(23(30)15-5-8-18-19(10-15)34-12-33-18)24(31)25(32)29(22)26-28-17-7-6-16(27)11-20(17)35-26/h2-11,22,30H,12H2,1H3/b23-21+. The number of halogens is 1. The SMILES string of the molecule is Cc1cccc(C2/C(=C(\O)c3ccc4c(c3)OCO4)C(=O)C(=O)N2c2nc3ccc(Cl)cc3s2)c1. The van der Waals surface area contributed by atoms with Crippen molar-refractivity contribution >= 4 is 55.7 Å². The molecule has 2 aliphatic heterocycles. The van der Waals surface area contributed by atoms with Crippen LogP contribution in [0.4, 0.5) is 5.13 Å². The van der Waals surface area contributed by atoms with Crippen molar-refractivity contribution in [1.82, 2.24) is 4.98 Å². The third kappa shape index (κ3) is 3.53. The quantitative estimate of drug-likeness (QED) is 0.221. The van der Waals surface area contributed by atoms with Crippen LogP contribution in [0.3, 0.4) is 0 Å². The lowest BCUT2D eigenvalue weighted by Gasteiger charge is -2.23. The number of hydrogen-bond donors (Lipinski definition) is 1. The number of nitrogens with zero attached hydrogens (tertiary/aromatic N) is 2. The molecule has 6 rings (SSSR count). The first-order valence-corrected chi connectivity index (χ1v) is 11.9. The van der Waals surface area contributed by atoms with Crippen LogP contribution < -0.4 is 14.4 Å². The van der Waals surface area contributed by atoms with Gasteiger partial charge in [0, 0.05) is 10.6 Å². The number of benzene rings is 3. The minimum absolute atomic E-state index is 0.0169. The second-order valence-electron chi connectivity index (χ2n) is 8.26. The van der Waals surface area contributed by atoms with Crippen LogP contribution in [0.25, 0.3) is 16.0 Å². The number of aromatic nitrogens is 1. The molecule has 174 valence electrons. The van der Waals surface area contributed by atoms with Gasteiger partial charge in [0.2, 0.25) is 6.79 Å². The van der Waals surface area contributed by atoms with E-state index in [0.717, 1.165) is 10.3 Å². The lowest BCUT2D eigenvalue weighted by Crippen LogP contribution is -2.29. The highest BCUT2D eigenvalue weighted by atomic mass is 35.5. The predicted molar refractivity (Wildman–Crippen MR) is 133 cm³/mol. The zero-order valence-corrected chi connectivity index (χ0v) is 19.9. The first-order chi connectivity index (χ1) is 16.9. The van der Waals surface area contributed by atoms with E-state index in [-0.39, 0.29) is 18.1 Å². The summed E-state index contributed by atoms with van der Waals surface area (Å²) in [4.78, 5) is 32.7. The van der Waals surface area contributed by atoms with Crippen molar-refractivity contribution in [3.05, 3.63) is 87.9 Å². The molecule has 0 radical (unpaired) electrons. The highest BCUT2D eigenvalue weighted by Crippen LogP contribution is 2.45. The highest BCUT2D eigenvalue weighted by molar-refractivity contribution is 7.22. The Morgan fingerprint density at radius 3 is 2.74 bits per heavy atom. The number of fused-ring (bicyclic) bond motifs is 2. The van der Waals surface area contributed by atoms with E-state index in [1.165, 1.54) is 16.2 Å². The van der Waals surface area contributed by atoms with Gasteiger partial charge in [-0.05, 0) is 48.9 Å². The summed E-state index contributed by atoms with van der Waals surface area (Å²) in [5.74, 6) is -0.837. The number of carbonyl (C=O) groups is 2. The maximum Gasteiger partial charge on any atom is 0.301 e. The summed E-state index contributed by atoms with van der Waals surface area (Å²) >= 11 is 7.40. The number of aryl methyl sites for hydroxylation is 1. The van der Waals surface area contributed by atoms with Gasteiger partial charge in [-0.15, -0.1) is 0 Å². The number of ether oxygens (including phenoxy) is 2. The Kier molecular flexibility index (Phi) is 5.01. The topological polar surface area (TPSA) is 89.0 Å². The number of carbonyl (C=O) groups excluding carboxylic acids is 2. The van der Waals surface area contributed by atoms with Gasteiger partial charge in [0.05, 0.1) is 21.8 Å². The fraction of sp³-hybridized carbons (Fsp3) is 0.115. The zero-order chi connectivity index (χ0) is 24.3. The first kappa shape index (κ1) is 21.6. The van der Waals surface area contributed by atoms with Gasteiger partial charge >= 0.3 is 5.91 Å². The number of aliphatic hydroxyl groups excluding tert-OH is 1. The average molecular weight is 505 g/mol. The van der Waals surface area contributed by atoms with E-state index in [1.807, 2.05) is 31.2 Å². The van der Waals surface area contributed by atoms with Crippen LogP contribution in [-0.2, 0) is 9.59 Å². The van der Waals surface area contributed by atoms with Gasteiger partial charge in [-0.2, -0.15) is 0 Å². The highest BCUT2D eigenvalue weighted by Gasteiger charge is 2.48. The maximum atomic E-state index is 13.4. The zero-order valence-electron chi connectivity index (χ0n) is 18.3. The van der Waals surface area contributed by atoms with Crippen LogP contribution in [0.1, 0.15) is 22.7 Å². The molecule has 35 heavy (non-hydrogen) atoms. The molecule has 0 aliphatic carbocycles. The number of rotatable bonds is 3. The molecule has 2 aliphatic rings. The van der Waals surface area contributed by atoms with Gasteiger partial charge in [0.25, 0.3) is 5.78 Å². The van der Waals surface area contributed by atoms with Crippen molar-refractivity contribution in [3.8, 4) is 11.5 Å². The van der Waals surface area contributed by atoms with Gasteiger partial charge in [0.15, 0.2) is 16.6 Å². The number of hydrogen-bond acceptors (Lipinski definition) is 7. The summed E-state index contributed by atoms with van der Waals surface area (Å²) < 4.78 is 11.6. The van der Waals surface area contributed by atoms with Crippen LogP contribution in [-0.4, -0.2) is 28.6 Å². The molecular weight excluding hydrogens is 488 g/mol. The van der Waals surface area contributed by atoms with E-state index in [2.05, 4.69) is 4.98 Å². The third-order valence-electron chi connectivity index (χ3n) is 5.99. The Morgan fingerprint density at radius 1 is 1.09 bits per heavy atom. The van der Waals surface area contributed by atoms with Crippen LogP contribution >= 0.6 is 22.9 Å². The first-order valence-electron chi connectivity index (χ1n) is 10.7. The van der Waals surface area contributed by atoms with Crippen LogP contribution in [0.15, 0.2) is 66.2 Å². The fourth-order valence-electron chi connectivity index (χ4n) is 4.37. The largest absolute Gasteiger partial charge is 0.507 e. The molecule has 4 aromatic rings. The number of ketones is 1. The molecule has 1 fully saturated rings. The summed E-state index contributed by atoms with van der Waals surface area (Å²) in [6.45, 7) is 2.00. The number of Topliss-reactive ketones (excluding diaryl/α,β-unsaturated/α-hetero) is 1. The van der Waals surface area contributed by atoms with Crippen molar-refractivity contribution < 1.29 is 24.2 Å². The second kappa shape index (κ2) is 8.11. The van der Waals surface area contributed by atoms with Gasteiger partial charge in [0.1, 0.15) is 5.76 Å². The Morgan fingerprint density at radius 2 is 1.91 bits per heavy atom. The molecule has 0 saturated carbocycles. The molecule has 1 amide bonds. The Labute approximate surface area is 208 Å². The summed E-state index contributed by atoms with van der Waals surface area (Å²) in [7, 11) is 0. The second-order valence-corrected chi connectivity index (χ2v) is 9.71. The molecule has 1 unspecified atom stereocenters. The van der Waals surface area contributed by atoms with E-state index in [0.29, 0.717) is 38.3 Å². The minimum Gasteiger partial charge on any atom is -0.507 e. The number of aliphatic hydroxyl groups is 1. The van der Waals surface area contributed by atoms with Gasteiger partial charge < -0.3 is 14.6 Å². The molecule has 1 saturated heterocycles. The molecule has 0 spiro atoms. The summed E-state index contributed by atoms with van der Waals surface area (Å²) in [6, 6.07) is 16.8. The van der Waals surface area contributed by atoms with Crippen molar-refractivity contribution in [2.45, 2.75) is 13.0 Å². The Hall–Kier alpha value is -3.88. The molecule has 1 aromatic heterocycles. The van der Waals surface area contributed by atoms with Crippen LogP contribution in [0.5, 0.6) is 11.5 Å². The van der Waals surface area contributed by atoms with Gasteiger partial charge in [-0.1, -0.05) is 52.8 Å². The summed E-state index contributed by atoms with van der Waals surface area (Å²) in [6.07, 6.45) is 0. The molecule has 7 nitrogen and oxygen atoms in total. The van der Waals surface area contributed by atoms with Gasteiger partial charge in [-0.25, -0.2) is 4.98 Å². The Balaban J connectivity index is 1.56. The third-order valence-corrected chi connectivity index (χ3v) is 7.25. The van der Waals surface area contributed by atoms with Crippen LogP contribution in [0.2, 0.25) is 5.02 Å². The monoisotopic (exact) mass is 504 g/mol. The number of amides is 1. The normalized spacial score (nSPS) is 18.6. The molecule has 1 atom stereocenters. The molecule has 9 heteroatoms. The van der Waals surface area contributed by atoms with Crippen molar-refractivity contribution in [2.24, 2.45) is 0 Å². The smallest absolute Gasteiger partial charge is 0.301 e. The molecule has 3 heterocycles. The molecule has 1 N–H and O–H groups in total. The Bertz CT molecular complexity index is 1580. The summed E-state index contributed by atoms with van der Waals surface area (Å²) in [5.41, 5.74) is 2.63. The van der Waals surface area contributed by atoms with E-state index < -0.39 is 17.7 Å². The van der Waals surface area contributed by atoms with Crippen molar-refractivity contribution in [3.63, 3.8) is 0 Å². The van der Waals surface area contributed by atoms with E-state index >= 15 is 0 Å². The fourth-order valence-corrected chi connectivity index (χ4v) is 5.64. The summed E-state index contributed by atoms with van der Waals surface area (Å²) in [5, 5.41) is 12.2. The maximum absolute atomic E-state index is 13.4. The van der Waals surface area contributed by atoms with E-state index in [9.17, 15) is 14.7 Å². The number of thiazole rings is 1. The molecular formula is C26H17ClN2O5S.